The Morgan fingerprint density at radius 2 is 2.00 bits per heavy atom. The average Bonchev–Trinajstić information content (AvgIpc) is 3.01. The predicted octanol–water partition coefficient (Wildman–Crippen LogP) is 1.85. The van der Waals surface area contributed by atoms with Crippen LogP contribution in [0, 0.1) is 0 Å². The molecule has 0 unspecified atom stereocenters. The van der Waals surface area contributed by atoms with Crippen LogP contribution in [0.3, 0.4) is 0 Å². The molecule has 106 valence electrons. The highest BCUT2D eigenvalue weighted by atomic mass is 16.5. The number of morpholine rings is 1. The molecular formula is C15H20N4O. The number of H-pyrrole nitrogens is 1. The molecular weight excluding hydrogens is 252 g/mol. The van der Waals surface area contributed by atoms with Gasteiger partial charge in [0.05, 0.1) is 19.8 Å². The lowest BCUT2D eigenvalue weighted by Gasteiger charge is -2.26. The van der Waals surface area contributed by atoms with E-state index < -0.39 is 0 Å². The van der Waals surface area contributed by atoms with Crippen molar-refractivity contribution in [2.75, 3.05) is 31.6 Å². The molecule has 0 spiro atoms. The first-order valence-corrected chi connectivity index (χ1v) is 7.01. The van der Waals surface area contributed by atoms with Gasteiger partial charge in [0.1, 0.15) is 5.82 Å². The van der Waals surface area contributed by atoms with E-state index in [2.05, 4.69) is 44.5 Å². The monoisotopic (exact) mass is 272 g/mol. The first-order chi connectivity index (χ1) is 9.90. The summed E-state index contributed by atoms with van der Waals surface area (Å²) in [6.45, 7) is 5.47. The number of ether oxygens (including phenoxy) is 1. The lowest BCUT2D eigenvalue weighted by Crippen LogP contribution is -2.35. The topological polar surface area (TPSA) is 53.2 Å². The molecule has 2 aromatic rings. The summed E-state index contributed by atoms with van der Waals surface area (Å²) in [7, 11) is 0. The van der Waals surface area contributed by atoms with Crippen LogP contribution in [0.5, 0.6) is 0 Å². The smallest absolute Gasteiger partial charge is 0.125 e. The van der Waals surface area contributed by atoms with Crippen molar-refractivity contribution in [3.63, 3.8) is 0 Å². The van der Waals surface area contributed by atoms with Gasteiger partial charge >= 0.3 is 0 Å². The van der Waals surface area contributed by atoms with Gasteiger partial charge in [-0.1, -0.05) is 12.1 Å². The molecule has 1 aromatic carbocycles. The third kappa shape index (κ3) is 3.59. The molecule has 0 aliphatic carbocycles. The molecule has 0 bridgehead atoms. The molecule has 0 amide bonds. The number of anilines is 1. The number of nitrogens with zero attached hydrogens (tertiary/aromatic N) is 2. The van der Waals surface area contributed by atoms with E-state index in [1.807, 2.05) is 6.20 Å². The normalized spacial score (nSPS) is 16.2. The highest BCUT2D eigenvalue weighted by molar-refractivity contribution is 5.44. The third-order valence-corrected chi connectivity index (χ3v) is 3.48. The van der Waals surface area contributed by atoms with Crippen LogP contribution in [-0.2, 0) is 17.8 Å². The standard InChI is InChI=1S/C15H20N4O/c1-3-14(18-11-15-16-5-6-17-15)4-2-13(1)12-19-7-9-20-10-8-19/h1-6,18H,7-12H2,(H,16,17). The Hall–Kier alpha value is -1.85. The van der Waals surface area contributed by atoms with Gasteiger partial charge in [-0.25, -0.2) is 4.98 Å². The average molecular weight is 272 g/mol. The zero-order chi connectivity index (χ0) is 13.6. The molecule has 1 aliphatic rings. The van der Waals surface area contributed by atoms with Crippen molar-refractivity contribution >= 4 is 5.69 Å². The summed E-state index contributed by atoms with van der Waals surface area (Å²) in [5, 5.41) is 3.35. The van der Waals surface area contributed by atoms with Crippen molar-refractivity contribution in [3.8, 4) is 0 Å². The summed E-state index contributed by atoms with van der Waals surface area (Å²) in [5.74, 6) is 0.947. The highest BCUT2D eigenvalue weighted by Gasteiger charge is 2.10. The first-order valence-electron chi connectivity index (χ1n) is 7.01. The lowest BCUT2D eigenvalue weighted by atomic mass is 10.2. The molecule has 20 heavy (non-hydrogen) atoms. The van der Waals surface area contributed by atoms with Gasteiger partial charge in [0.25, 0.3) is 0 Å². The van der Waals surface area contributed by atoms with Crippen LogP contribution >= 0.6 is 0 Å². The third-order valence-electron chi connectivity index (χ3n) is 3.48. The van der Waals surface area contributed by atoms with Gasteiger partial charge in [0.15, 0.2) is 0 Å². The molecule has 1 aliphatic heterocycles. The largest absolute Gasteiger partial charge is 0.379 e. The Morgan fingerprint density at radius 3 is 2.70 bits per heavy atom. The molecule has 5 heteroatoms. The number of hydrogen-bond donors (Lipinski definition) is 2. The molecule has 3 rings (SSSR count). The van der Waals surface area contributed by atoms with E-state index >= 15 is 0 Å². The number of aromatic nitrogens is 2. The van der Waals surface area contributed by atoms with Crippen molar-refractivity contribution < 1.29 is 4.74 Å². The van der Waals surface area contributed by atoms with E-state index in [4.69, 9.17) is 4.74 Å². The Bertz CT molecular complexity index is 503. The zero-order valence-electron chi connectivity index (χ0n) is 11.5. The van der Waals surface area contributed by atoms with E-state index in [1.165, 1.54) is 5.56 Å². The molecule has 2 heterocycles. The fourth-order valence-corrected chi connectivity index (χ4v) is 2.33. The molecule has 1 saturated heterocycles. The quantitative estimate of drug-likeness (QED) is 0.872. The fourth-order valence-electron chi connectivity index (χ4n) is 2.33. The summed E-state index contributed by atoms with van der Waals surface area (Å²) in [6, 6.07) is 8.61. The lowest BCUT2D eigenvalue weighted by molar-refractivity contribution is 0.0342. The van der Waals surface area contributed by atoms with Crippen molar-refractivity contribution in [2.45, 2.75) is 13.1 Å². The van der Waals surface area contributed by atoms with Crippen LogP contribution in [0.4, 0.5) is 5.69 Å². The van der Waals surface area contributed by atoms with E-state index in [0.717, 1.165) is 50.9 Å². The van der Waals surface area contributed by atoms with Crippen molar-refractivity contribution in [1.82, 2.24) is 14.9 Å². The summed E-state index contributed by atoms with van der Waals surface area (Å²) in [4.78, 5) is 9.70. The molecule has 0 saturated carbocycles. The Morgan fingerprint density at radius 1 is 1.20 bits per heavy atom. The van der Waals surface area contributed by atoms with Gasteiger partial charge < -0.3 is 15.0 Å². The molecule has 0 atom stereocenters. The van der Waals surface area contributed by atoms with Gasteiger partial charge in [-0.3, -0.25) is 4.90 Å². The summed E-state index contributed by atoms with van der Waals surface area (Å²) >= 11 is 0. The second kappa shape index (κ2) is 6.54. The predicted molar refractivity (Wildman–Crippen MR) is 78.5 cm³/mol. The number of aromatic amines is 1. The van der Waals surface area contributed by atoms with Crippen LogP contribution < -0.4 is 5.32 Å². The Balaban J connectivity index is 1.51. The van der Waals surface area contributed by atoms with Crippen molar-refractivity contribution in [3.05, 3.63) is 48.0 Å². The minimum absolute atomic E-state index is 0.718. The van der Waals surface area contributed by atoms with Gasteiger partial charge in [0.2, 0.25) is 0 Å². The number of benzene rings is 1. The minimum atomic E-state index is 0.718. The van der Waals surface area contributed by atoms with Gasteiger partial charge in [0, 0.05) is 37.7 Å². The number of nitrogens with one attached hydrogen (secondary N) is 2. The minimum Gasteiger partial charge on any atom is -0.379 e. The maximum Gasteiger partial charge on any atom is 0.125 e. The molecule has 1 aromatic heterocycles. The zero-order valence-corrected chi connectivity index (χ0v) is 11.5. The number of imidazole rings is 1. The molecule has 5 nitrogen and oxygen atoms in total. The van der Waals surface area contributed by atoms with Crippen molar-refractivity contribution in [2.24, 2.45) is 0 Å². The summed E-state index contributed by atoms with van der Waals surface area (Å²) in [5.41, 5.74) is 2.46. The maximum absolute atomic E-state index is 5.36. The second-order valence-corrected chi connectivity index (χ2v) is 4.97. The maximum atomic E-state index is 5.36. The van der Waals surface area contributed by atoms with Crippen LogP contribution in [0.25, 0.3) is 0 Å². The molecule has 0 radical (unpaired) electrons. The Kier molecular flexibility index (Phi) is 4.30. The van der Waals surface area contributed by atoms with Crippen LogP contribution in [0.15, 0.2) is 36.7 Å². The second-order valence-electron chi connectivity index (χ2n) is 4.97. The summed E-state index contributed by atoms with van der Waals surface area (Å²) in [6.07, 6.45) is 3.60. The van der Waals surface area contributed by atoms with Crippen LogP contribution in [0.1, 0.15) is 11.4 Å². The number of hydrogen-bond acceptors (Lipinski definition) is 4. The fraction of sp³-hybridized carbons (Fsp3) is 0.400. The van der Waals surface area contributed by atoms with Gasteiger partial charge in [-0.15, -0.1) is 0 Å². The van der Waals surface area contributed by atoms with E-state index in [0.29, 0.717) is 0 Å². The SMILES string of the molecule is c1c[nH]c(CNc2ccc(CN3CCOCC3)cc2)n1. The Labute approximate surface area is 119 Å². The van der Waals surface area contributed by atoms with Crippen LogP contribution in [-0.4, -0.2) is 41.2 Å². The first kappa shape index (κ1) is 13.1. The van der Waals surface area contributed by atoms with Crippen molar-refractivity contribution in [1.29, 1.82) is 0 Å². The highest BCUT2D eigenvalue weighted by Crippen LogP contribution is 2.13. The van der Waals surface area contributed by atoms with E-state index in [1.54, 1.807) is 6.20 Å². The van der Waals surface area contributed by atoms with E-state index in [-0.39, 0.29) is 0 Å². The molecule has 1 fully saturated rings. The number of rotatable bonds is 5. The van der Waals surface area contributed by atoms with Crippen LogP contribution in [0.2, 0.25) is 0 Å². The van der Waals surface area contributed by atoms with Gasteiger partial charge in [-0.2, -0.15) is 0 Å². The molecule has 2 N–H and O–H groups in total. The van der Waals surface area contributed by atoms with Gasteiger partial charge in [-0.05, 0) is 17.7 Å². The summed E-state index contributed by atoms with van der Waals surface area (Å²) < 4.78 is 5.36. The van der Waals surface area contributed by atoms with E-state index in [9.17, 15) is 0 Å².